The molecule has 0 aliphatic heterocycles. The number of hydrogen-bond acceptors (Lipinski definition) is 3. The minimum Gasteiger partial charge on any atom is -0.389 e. The quantitative estimate of drug-likeness (QED) is 0.813. The maximum atomic E-state index is 12.2. The Kier molecular flexibility index (Phi) is 5.74. The van der Waals surface area contributed by atoms with Gasteiger partial charge in [-0.15, -0.1) is 0 Å². The van der Waals surface area contributed by atoms with Gasteiger partial charge in [-0.2, -0.15) is 0 Å². The van der Waals surface area contributed by atoms with Gasteiger partial charge in [0.05, 0.1) is 10.5 Å². The third-order valence-corrected chi connectivity index (χ3v) is 5.18. The Morgan fingerprint density at radius 1 is 1.15 bits per heavy atom. The summed E-state index contributed by atoms with van der Waals surface area (Å²) in [5.41, 5.74) is 0.118. The zero-order chi connectivity index (χ0) is 15.4. The molecule has 0 aromatic heterocycles. The molecule has 0 saturated heterocycles. The van der Waals surface area contributed by atoms with Crippen LogP contribution in [-0.4, -0.2) is 25.7 Å². The van der Waals surface area contributed by atoms with Crippen molar-refractivity contribution in [1.82, 2.24) is 4.72 Å². The number of nitrogens with one attached hydrogen (secondary N) is 1. The van der Waals surface area contributed by atoms with E-state index in [1.165, 1.54) is 0 Å². The molecule has 20 heavy (non-hydrogen) atoms. The molecular formula is C15H25NO3S. The van der Waals surface area contributed by atoms with Crippen LogP contribution >= 0.6 is 0 Å². The third-order valence-electron chi connectivity index (χ3n) is 3.76. The van der Waals surface area contributed by atoms with E-state index in [-0.39, 0.29) is 11.4 Å². The predicted molar refractivity (Wildman–Crippen MR) is 81.3 cm³/mol. The Morgan fingerprint density at radius 3 is 2.05 bits per heavy atom. The van der Waals surface area contributed by atoms with Gasteiger partial charge >= 0.3 is 0 Å². The molecule has 0 saturated carbocycles. The van der Waals surface area contributed by atoms with E-state index in [0.29, 0.717) is 18.8 Å². The van der Waals surface area contributed by atoms with Crippen LogP contribution in [0.2, 0.25) is 0 Å². The highest BCUT2D eigenvalue weighted by atomic mass is 32.2. The van der Waals surface area contributed by atoms with Crippen LogP contribution in [0.3, 0.4) is 0 Å². The van der Waals surface area contributed by atoms with Crippen LogP contribution in [0.1, 0.15) is 52.0 Å². The second-order valence-electron chi connectivity index (χ2n) is 5.48. The van der Waals surface area contributed by atoms with Crippen molar-refractivity contribution in [2.75, 3.05) is 6.54 Å². The molecule has 1 rings (SSSR count). The summed E-state index contributed by atoms with van der Waals surface area (Å²) >= 11 is 0. The highest BCUT2D eigenvalue weighted by molar-refractivity contribution is 7.89. The van der Waals surface area contributed by atoms with Gasteiger partial charge in [0.25, 0.3) is 0 Å². The topological polar surface area (TPSA) is 66.4 Å². The monoisotopic (exact) mass is 299 g/mol. The summed E-state index contributed by atoms with van der Waals surface area (Å²) in [6.07, 6.45) is 1.02. The van der Waals surface area contributed by atoms with Crippen molar-refractivity contribution in [2.45, 2.75) is 57.0 Å². The lowest BCUT2D eigenvalue weighted by Crippen LogP contribution is -2.41. The number of aliphatic hydroxyl groups is 1. The maximum absolute atomic E-state index is 12.2. The molecule has 1 aromatic rings. The summed E-state index contributed by atoms with van der Waals surface area (Å²) in [6.45, 7) is 7.84. The molecule has 0 atom stereocenters. The largest absolute Gasteiger partial charge is 0.389 e. The molecule has 0 aliphatic rings. The fourth-order valence-corrected chi connectivity index (χ4v) is 2.96. The number of sulfonamides is 1. The van der Waals surface area contributed by atoms with Crippen molar-refractivity contribution in [3.63, 3.8) is 0 Å². The number of benzene rings is 1. The van der Waals surface area contributed by atoms with Gasteiger partial charge in [0.15, 0.2) is 0 Å². The van der Waals surface area contributed by atoms with Crippen molar-refractivity contribution in [3.05, 3.63) is 29.8 Å². The van der Waals surface area contributed by atoms with Crippen molar-refractivity contribution >= 4 is 10.0 Å². The smallest absolute Gasteiger partial charge is 0.240 e. The van der Waals surface area contributed by atoms with Crippen LogP contribution in [0.25, 0.3) is 0 Å². The standard InChI is InChI=1S/C15H25NO3S/c1-5-15(17,6-2)11-16-20(18,19)14-9-7-13(8-10-14)12(3)4/h7-10,12,16-17H,5-6,11H2,1-4H3. The second-order valence-corrected chi connectivity index (χ2v) is 7.25. The normalized spacial score (nSPS) is 12.9. The van der Waals surface area contributed by atoms with Crippen LogP contribution < -0.4 is 4.72 Å². The van der Waals surface area contributed by atoms with Gasteiger partial charge < -0.3 is 5.11 Å². The molecule has 0 heterocycles. The first-order valence-electron chi connectivity index (χ1n) is 7.06. The molecule has 0 aliphatic carbocycles. The molecular weight excluding hydrogens is 274 g/mol. The molecule has 2 N–H and O–H groups in total. The summed E-state index contributed by atoms with van der Waals surface area (Å²) in [5, 5.41) is 10.1. The maximum Gasteiger partial charge on any atom is 0.240 e. The minimum atomic E-state index is -3.57. The van der Waals surface area contributed by atoms with Crippen molar-refractivity contribution in [3.8, 4) is 0 Å². The molecule has 114 valence electrons. The summed E-state index contributed by atoms with van der Waals surface area (Å²) in [7, 11) is -3.57. The second kappa shape index (κ2) is 6.70. The molecule has 0 bridgehead atoms. The molecule has 1 aromatic carbocycles. The van der Waals surface area contributed by atoms with Crippen LogP contribution in [0, 0.1) is 0 Å². The van der Waals surface area contributed by atoms with E-state index in [9.17, 15) is 13.5 Å². The van der Waals surface area contributed by atoms with Gasteiger partial charge in [0.2, 0.25) is 10.0 Å². The fourth-order valence-electron chi connectivity index (χ4n) is 1.84. The highest BCUT2D eigenvalue weighted by Crippen LogP contribution is 2.18. The van der Waals surface area contributed by atoms with E-state index in [4.69, 9.17) is 0 Å². The van der Waals surface area contributed by atoms with Gasteiger partial charge in [-0.1, -0.05) is 39.8 Å². The zero-order valence-electron chi connectivity index (χ0n) is 12.7. The summed E-state index contributed by atoms with van der Waals surface area (Å²) < 4.78 is 26.8. The summed E-state index contributed by atoms with van der Waals surface area (Å²) in [5.74, 6) is 0.366. The highest BCUT2D eigenvalue weighted by Gasteiger charge is 2.25. The Balaban J connectivity index is 2.84. The zero-order valence-corrected chi connectivity index (χ0v) is 13.5. The average Bonchev–Trinajstić information content (AvgIpc) is 2.45. The Morgan fingerprint density at radius 2 is 1.65 bits per heavy atom. The van der Waals surface area contributed by atoms with Gasteiger partial charge in [-0.05, 0) is 36.5 Å². The molecule has 0 spiro atoms. The molecule has 0 unspecified atom stereocenters. The molecule has 5 heteroatoms. The van der Waals surface area contributed by atoms with Crippen LogP contribution in [-0.2, 0) is 10.0 Å². The van der Waals surface area contributed by atoms with Crippen molar-refractivity contribution in [1.29, 1.82) is 0 Å². The van der Waals surface area contributed by atoms with E-state index in [2.05, 4.69) is 18.6 Å². The summed E-state index contributed by atoms with van der Waals surface area (Å²) in [4.78, 5) is 0.233. The third kappa shape index (κ3) is 4.30. The SMILES string of the molecule is CCC(O)(CC)CNS(=O)(=O)c1ccc(C(C)C)cc1. The fraction of sp³-hybridized carbons (Fsp3) is 0.600. The summed E-state index contributed by atoms with van der Waals surface area (Å²) in [6, 6.07) is 6.86. The van der Waals surface area contributed by atoms with E-state index in [0.717, 1.165) is 5.56 Å². The molecule has 0 radical (unpaired) electrons. The first-order valence-corrected chi connectivity index (χ1v) is 8.54. The van der Waals surface area contributed by atoms with Gasteiger partial charge in [-0.25, -0.2) is 13.1 Å². The number of rotatable bonds is 7. The Labute approximate surface area is 122 Å². The lowest BCUT2D eigenvalue weighted by atomic mass is 9.98. The average molecular weight is 299 g/mol. The van der Waals surface area contributed by atoms with Gasteiger partial charge in [-0.3, -0.25) is 0 Å². The lowest BCUT2D eigenvalue weighted by Gasteiger charge is -2.25. The first-order chi connectivity index (χ1) is 9.24. The molecule has 0 amide bonds. The van der Waals surface area contributed by atoms with E-state index in [1.54, 1.807) is 12.1 Å². The van der Waals surface area contributed by atoms with E-state index >= 15 is 0 Å². The van der Waals surface area contributed by atoms with E-state index < -0.39 is 15.6 Å². The molecule has 0 fully saturated rings. The Hall–Kier alpha value is -0.910. The minimum absolute atomic E-state index is 0.0360. The van der Waals surface area contributed by atoms with Gasteiger partial charge in [0, 0.05) is 6.54 Å². The first kappa shape index (κ1) is 17.1. The predicted octanol–water partition coefficient (Wildman–Crippen LogP) is 2.64. The van der Waals surface area contributed by atoms with Crippen LogP contribution in [0.4, 0.5) is 0 Å². The Bertz CT molecular complexity index is 517. The number of hydrogen-bond donors (Lipinski definition) is 2. The van der Waals surface area contributed by atoms with Crippen molar-refractivity contribution in [2.24, 2.45) is 0 Å². The van der Waals surface area contributed by atoms with Gasteiger partial charge in [0.1, 0.15) is 0 Å². The van der Waals surface area contributed by atoms with Crippen LogP contribution in [0.15, 0.2) is 29.2 Å². The van der Waals surface area contributed by atoms with E-state index in [1.807, 2.05) is 26.0 Å². The van der Waals surface area contributed by atoms with Crippen molar-refractivity contribution < 1.29 is 13.5 Å². The lowest BCUT2D eigenvalue weighted by molar-refractivity contribution is 0.0377. The van der Waals surface area contributed by atoms with Crippen LogP contribution in [0.5, 0.6) is 0 Å². The molecule has 4 nitrogen and oxygen atoms in total.